The standard InChI is InChI=1S/C21H26N2O5S/c1-21(2)13-18(17-10-9-15(27-5)12-19(17)28-21)22-20(24)14-7-6-8-16(11-14)29(25,26)23(3)4/h6-12,18H,13H2,1-5H3,(H,22,24). The molecule has 0 aromatic heterocycles. The van der Waals surface area contributed by atoms with Crippen LogP contribution in [0.3, 0.4) is 0 Å². The summed E-state index contributed by atoms with van der Waals surface area (Å²) < 4.78 is 37.2. The Labute approximate surface area is 171 Å². The van der Waals surface area contributed by atoms with Crippen LogP contribution in [0, 0.1) is 0 Å². The first-order valence-electron chi connectivity index (χ1n) is 9.24. The third kappa shape index (κ3) is 4.38. The fraction of sp³-hybridized carbons (Fsp3) is 0.381. The number of methoxy groups -OCH3 is 1. The maximum atomic E-state index is 12.9. The first-order chi connectivity index (χ1) is 13.5. The maximum absolute atomic E-state index is 12.9. The van der Waals surface area contributed by atoms with Crippen LogP contribution in [0.1, 0.15) is 42.2 Å². The third-order valence-electron chi connectivity index (χ3n) is 4.86. The van der Waals surface area contributed by atoms with Gasteiger partial charge in [-0.1, -0.05) is 6.07 Å². The second-order valence-corrected chi connectivity index (χ2v) is 9.96. The molecule has 0 bridgehead atoms. The van der Waals surface area contributed by atoms with Gasteiger partial charge in [0.15, 0.2) is 0 Å². The van der Waals surface area contributed by atoms with Crippen molar-refractivity contribution in [3.8, 4) is 11.5 Å². The lowest BCUT2D eigenvalue weighted by molar-refractivity contribution is 0.0617. The average molecular weight is 419 g/mol. The number of ether oxygens (including phenoxy) is 2. The van der Waals surface area contributed by atoms with Gasteiger partial charge in [0.05, 0.1) is 18.0 Å². The summed E-state index contributed by atoms with van der Waals surface area (Å²) >= 11 is 0. The van der Waals surface area contributed by atoms with Crippen molar-refractivity contribution >= 4 is 15.9 Å². The number of nitrogens with zero attached hydrogens (tertiary/aromatic N) is 1. The predicted octanol–water partition coefficient (Wildman–Crippen LogP) is 2.98. The molecule has 8 heteroatoms. The highest BCUT2D eigenvalue weighted by Gasteiger charge is 2.35. The first kappa shape index (κ1) is 21.1. The van der Waals surface area contributed by atoms with E-state index in [2.05, 4.69) is 5.32 Å². The second-order valence-electron chi connectivity index (χ2n) is 7.81. The minimum Gasteiger partial charge on any atom is -0.497 e. The zero-order valence-corrected chi connectivity index (χ0v) is 18.0. The molecule has 2 aromatic rings. The van der Waals surface area contributed by atoms with Crippen molar-refractivity contribution in [2.24, 2.45) is 0 Å². The lowest BCUT2D eigenvalue weighted by Gasteiger charge is -2.38. The van der Waals surface area contributed by atoms with E-state index in [-0.39, 0.29) is 22.4 Å². The summed E-state index contributed by atoms with van der Waals surface area (Å²) in [5.41, 5.74) is 0.663. The molecule has 0 aliphatic carbocycles. The molecule has 1 amide bonds. The minimum atomic E-state index is -3.62. The quantitative estimate of drug-likeness (QED) is 0.807. The summed E-state index contributed by atoms with van der Waals surface area (Å²) in [6.45, 7) is 3.91. The van der Waals surface area contributed by atoms with Crippen LogP contribution in [-0.4, -0.2) is 45.4 Å². The van der Waals surface area contributed by atoms with Gasteiger partial charge >= 0.3 is 0 Å². The van der Waals surface area contributed by atoms with Gasteiger partial charge in [-0.2, -0.15) is 0 Å². The molecule has 1 atom stereocenters. The molecule has 1 heterocycles. The first-order valence-corrected chi connectivity index (χ1v) is 10.7. The van der Waals surface area contributed by atoms with Crippen LogP contribution >= 0.6 is 0 Å². The van der Waals surface area contributed by atoms with Crippen molar-refractivity contribution in [2.45, 2.75) is 36.8 Å². The van der Waals surface area contributed by atoms with Crippen LogP contribution in [0.2, 0.25) is 0 Å². The highest BCUT2D eigenvalue weighted by molar-refractivity contribution is 7.89. The number of carbonyl (C=O) groups is 1. The van der Waals surface area contributed by atoms with E-state index in [9.17, 15) is 13.2 Å². The van der Waals surface area contributed by atoms with Gasteiger partial charge in [0.1, 0.15) is 17.1 Å². The third-order valence-corrected chi connectivity index (χ3v) is 6.67. The van der Waals surface area contributed by atoms with Crippen LogP contribution < -0.4 is 14.8 Å². The molecule has 1 N–H and O–H groups in total. The predicted molar refractivity (Wildman–Crippen MR) is 110 cm³/mol. The lowest BCUT2D eigenvalue weighted by atomic mass is 9.89. The molecule has 1 unspecified atom stereocenters. The van der Waals surface area contributed by atoms with Crippen molar-refractivity contribution in [3.05, 3.63) is 53.6 Å². The zero-order valence-electron chi connectivity index (χ0n) is 17.2. The number of hydrogen-bond donors (Lipinski definition) is 1. The van der Waals surface area contributed by atoms with E-state index >= 15 is 0 Å². The van der Waals surface area contributed by atoms with E-state index in [0.29, 0.717) is 17.9 Å². The topological polar surface area (TPSA) is 84.9 Å². The summed E-state index contributed by atoms with van der Waals surface area (Å²) in [7, 11) is 0.877. The highest BCUT2D eigenvalue weighted by Crippen LogP contribution is 2.41. The van der Waals surface area contributed by atoms with Crippen molar-refractivity contribution in [2.75, 3.05) is 21.2 Å². The number of benzene rings is 2. The molecule has 0 spiro atoms. The van der Waals surface area contributed by atoms with Crippen molar-refractivity contribution < 1.29 is 22.7 Å². The number of amides is 1. The second kappa shape index (κ2) is 7.68. The molecule has 1 aliphatic heterocycles. The molecule has 0 radical (unpaired) electrons. The van der Waals surface area contributed by atoms with E-state index in [1.54, 1.807) is 25.3 Å². The number of carbonyl (C=O) groups excluding carboxylic acids is 1. The Hall–Kier alpha value is -2.58. The van der Waals surface area contributed by atoms with Gasteiger partial charge in [-0.25, -0.2) is 12.7 Å². The zero-order chi connectivity index (χ0) is 21.4. The molecule has 1 aliphatic rings. The molecule has 2 aromatic carbocycles. The van der Waals surface area contributed by atoms with E-state index in [1.165, 1.54) is 26.2 Å². The van der Waals surface area contributed by atoms with Gasteiger partial charge in [-0.3, -0.25) is 4.79 Å². The molecule has 3 rings (SSSR count). The van der Waals surface area contributed by atoms with Gasteiger partial charge in [0.2, 0.25) is 10.0 Å². The Bertz CT molecular complexity index is 1030. The number of hydrogen-bond acceptors (Lipinski definition) is 5. The van der Waals surface area contributed by atoms with Crippen molar-refractivity contribution in [3.63, 3.8) is 0 Å². The summed E-state index contributed by atoms with van der Waals surface area (Å²) in [6.07, 6.45) is 0.577. The number of fused-ring (bicyclic) bond motifs is 1. The fourth-order valence-corrected chi connectivity index (χ4v) is 4.29. The van der Waals surface area contributed by atoms with Gasteiger partial charge in [-0.15, -0.1) is 0 Å². The maximum Gasteiger partial charge on any atom is 0.251 e. The van der Waals surface area contributed by atoms with Gasteiger partial charge < -0.3 is 14.8 Å². The fourth-order valence-electron chi connectivity index (χ4n) is 3.34. The van der Waals surface area contributed by atoms with Crippen LogP contribution in [-0.2, 0) is 10.0 Å². The van der Waals surface area contributed by atoms with Gasteiger partial charge in [0.25, 0.3) is 5.91 Å². The van der Waals surface area contributed by atoms with E-state index in [1.807, 2.05) is 26.0 Å². The van der Waals surface area contributed by atoms with Crippen LogP contribution in [0.25, 0.3) is 0 Å². The largest absolute Gasteiger partial charge is 0.497 e. The molecule has 0 saturated carbocycles. The van der Waals surface area contributed by atoms with Crippen LogP contribution in [0.4, 0.5) is 0 Å². The van der Waals surface area contributed by atoms with Gasteiger partial charge in [0, 0.05) is 37.7 Å². The number of rotatable bonds is 5. The molecule has 0 saturated heterocycles. The SMILES string of the molecule is COc1ccc2c(c1)OC(C)(C)CC2NC(=O)c1cccc(S(=O)(=O)N(C)C)c1. The monoisotopic (exact) mass is 418 g/mol. The Balaban J connectivity index is 1.90. The summed E-state index contributed by atoms with van der Waals surface area (Å²) in [5, 5.41) is 3.02. The normalized spacial score (nSPS) is 17.9. The minimum absolute atomic E-state index is 0.0765. The van der Waals surface area contributed by atoms with Crippen LogP contribution in [0.15, 0.2) is 47.4 Å². The Morgan fingerprint density at radius 3 is 2.59 bits per heavy atom. The Morgan fingerprint density at radius 1 is 1.21 bits per heavy atom. The summed E-state index contributed by atoms with van der Waals surface area (Å²) in [4.78, 5) is 13.0. The van der Waals surface area contributed by atoms with E-state index < -0.39 is 15.6 Å². The lowest BCUT2D eigenvalue weighted by Crippen LogP contribution is -2.41. The molecule has 0 fully saturated rings. The van der Waals surface area contributed by atoms with Crippen molar-refractivity contribution in [1.82, 2.24) is 9.62 Å². The molecular weight excluding hydrogens is 392 g/mol. The smallest absolute Gasteiger partial charge is 0.251 e. The summed E-state index contributed by atoms with van der Waals surface area (Å²) in [6, 6.07) is 11.3. The molecule has 156 valence electrons. The summed E-state index contributed by atoms with van der Waals surface area (Å²) in [5.74, 6) is 0.994. The Morgan fingerprint density at radius 2 is 1.93 bits per heavy atom. The van der Waals surface area contributed by atoms with Crippen molar-refractivity contribution in [1.29, 1.82) is 0 Å². The average Bonchev–Trinajstić information content (AvgIpc) is 2.66. The number of sulfonamides is 1. The number of nitrogens with one attached hydrogen (secondary N) is 1. The van der Waals surface area contributed by atoms with E-state index in [4.69, 9.17) is 9.47 Å². The Kier molecular flexibility index (Phi) is 5.60. The molecule has 29 heavy (non-hydrogen) atoms. The van der Waals surface area contributed by atoms with Gasteiger partial charge in [-0.05, 0) is 44.2 Å². The highest BCUT2D eigenvalue weighted by atomic mass is 32.2. The van der Waals surface area contributed by atoms with Crippen LogP contribution in [0.5, 0.6) is 11.5 Å². The van der Waals surface area contributed by atoms with E-state index in [0.717, 1.165) is 9.87 Å². The molecule has 7 nitrogen and oxygen atoms in total. The molecular formula is C21H26N2O5S.